The van der Waals surface area contributed by atoms with Crippen molar-refractivity contribution in [1.82, 2.24) is 10.2 Å². The lowest BCUT2D eigenvalue weighted by Gasteiger charge is -2.32. The van der Waals surface area contributed by atoms with Crippen molar-refractivity contribution in [3.05, 3.63) is 115 Å². The number of rotatable bonds is 14. The summed E-state index contributed by atoms with van der Waals surface area (Å²) < 4.78 is 40.3. The molecule has 0 aliphatic carbocycles. The number of hydrogen-bond acceptors (Lipinski definition) is 6. The van der Waals surface area contributed by atoms with Crippen LogP contribution in [0.25, 0.3) is 0 Å². The van der Waals surface area contributed by atoms with Crippen LogP contribution >= 0.6 is 0 Å². The predicted molar refractivity (Wildman–Crippen MR) is 175 cm³/mol. The minimum absolute atomic E-state index is 0.0319. The summed E-state index contributed by atoms with van der Waals surface area (Å²) >= 11 is 0. The maximum Gasteiger partial charge on any atom is 0.264 e. The Morgan fingerprint density at radius 2 is 1.38 bits per heavy atom. The van der Waals surface area contributed by atoms with Crippen molar-refractivity contribution >= 4 is 27.5 Å². The summed E-state index contributed by atoms with van der Waals surface area (Å²) in [4.78, 5) is 28.8. The molecule has 4 aromatic rings. The molecule has 0 bridgehead atoms. The van der Waals surface area contributed by atoms with Crippen LogP contribution in [0.4, 0.5) is 5.69 Å². The van der Waals surface area contributed by atoms with Gasteiger partial charge >= 0.3 is 0 Å². The van der Waals surface area contributed by atoms with Crippen LogP contribution in [0.5, 0.6) is 17.2 Å². The Morgan fingerprint density at radius 1 is 0.778 bits per heavy atom. The fourth-order valence-electron chi connectivity index (χ4n) is 4.56. The number of nitrogens with one attached hydrogen (secondary N) is 1. The number of anilines is 1. The summed E-state index contributed by atoms with van der Waals surface area (Å²) in [7, 11) is -2.63. The summed E-state index contributed by atoms with van der Waals surface area (Å²) in [5.74, 6) is 1.07. The Kier molecular flexibility index (Phi) is 11.2. The zero-order chi connectivity index (χ0) is 32.4. The normalized spacial score (nSPS) is 11.8. The molecular formula is C35H39N3O6S. The van der Waals surface area contributed by atoms with Crippen LogP contribution in [-0.2, 0) is 26.2 Å². The number of hydrogen-bond donors (Lipinski definition) is 1. The highest BCUT2D eigenvalue weighted by atomic mass is 32.2. The van der Waals surface area contributed by atoms with Gasteiger partial charge in [0.2, 0.25) is 11.8 Å². The van der Waals surface area contributed by atoms with Crippen molar-refractivity contribution in [2.24, 2.45) is 5.92 Å². The third-order valence-corrected chi connectivity index (χ3v) is 8.84. The van der Waals surface area contributed by atoms with Gasteiger partial charge in [-0.15, -0.1) is 0 Å². The molecular weight excluding hydrogens is 590 g/mol. The third-order valence-electron chi connectivity index (χ3n) is 7.05. The first-order valence-corrected chi connectivity index (χ1v) is 16.1. The molecule has 45 heavy (non-hydrogen) atoms. The van der Waals surface area contributed by atoms with Gasteiger partial charge < -0.3 is 19.7 Å². The van der Waals surface area contributed by atoms with Gasteiger partial charge in [0.05, 0.1) is 17.7 Å². The summed E-state index contributed by atoms with van der Waals surface area (Å²) in [6.07, 6.45) is 0. The molecule has 0 saturated heterocycles. The molecule has 0 aliphatic heterocycles. The number of carbonyl (C=O) groups is 2. The molecule has 0 aliphatic rings. The largest absolute Gasteiger partial charge is 0.497 e. The van der Waals surface area contributed by atoms with Crippen LogP contribution in [-0.4, -0.2) is 51.4 Å². The molecule has 1 N–H and O–H groups in total. The van der Waals surface area contributed by atoms with E-state index in [9.17, 15) is 18.0 Å². The number of nitrogens with zero attached hydrogens (tertiary/aromatic N) is 2. The molecule has 10 heteroatoms. The molecule has 0 spiro atoms. The van der Waals surface area contributed by atoms with E-state index in [0.717, 1.165) is 9.87 Å². The first kappa shape index (κ1) is 33.1. The quantitative estimate of drug-likeness (QED) is 0.187. The first-order valence-electron chi connectivity index (χ1n) is 14.7. The van der Waals surface area contributed by atoms with E-state index in [-0.39, 0.29) is 29.0 Å². The van der Waals surface area contributed by atoms with Gasteiger partial charge in [0.25, 0.3) is 10.0 Å². The fourth-order valence-corrected chi connectivity index (χ4v) is 5.99. The van der Waals surface area contributed by atoms with Gasteiger partial charge in [-0.05, 0) is 79.1 Å². The van der Waals surface area contributed by atoms with Crippen molar-refractivity contribution < 1.29 is 27.5 Å². The number of methoxy groups -OCH3 is 1. The highest BCUT2D eigenvalue weighted by Gasteiger charge is 2.32. The number of para-hydroxylation sites is 1. The van der Waals surface area contributed by atoms with E-state index < -0.39 is 28.5 Å². The average molecular weight is 630 g/mol. The first-order chi connectivity index (χ1) is 21.6. The SMILES string of the molecule is COc1cccc(CN(C(=O)CN(c2ccc(Oc3ccccc3)cc2)S(=O)(=O)c2ccccc2)[C@@H](C)C(=O)NCC(C)C)c1. The van der Waals surface area contributed by atoms with Crippen molar-refractivity contribution in [2.75, 3.05) is 24.5 Å². The van der Waals surface area contributed by atoms with E-state index in [4.69, 9.17) is 9.47 Å². The second kappa shape index (κ2) is 15.3. The van der Waals surface area contributed by atoms with Crippen molar-refractivity contribution in [3.63, 3.8) is 0 Å². The second-order valence-corrected chi connectivity index (χ2v) is 12.8. The molecule has 0 heterocycles. The van der Waals surface area contributed by atoms with Crippen molar-refractivity contribution in [3.8, 4) is 17.2 Å². The topological polar surface area (TPSA) is 105 Å². The Morgan fingerprint density at radius 3 is 2.00 bits per heavy atom. The highest BCUT2D eigenvalue weighted by molar-refractivity contribution is 7.92. The lowest BCUT2D eigenvalue weighted by Crippen LogP contribution is -2.51. The number of benzene rings is 4. The van der Waals surface area contributed by atoms with Crippen LogP contribution in [0.3, 0.4) is 0 Å². The number of sulfonamides is 1. The monoisotopic (exact) mass is 629 g/mol. The van der Waals surface area contributed by atoms with Gasteiger partial charge in [-0.1, -0.05) is 62.4 Å². The van der Waals surface area contributed by atoms with E-state index in [1.54, 1.807) is 74.7 Å². The maximum absolute atomic E-state index is 14.1. The van der Waals surface area contributed by atoms with Crippen LogP contribution in [0, 0.1) is 5.92 Å². The number of amides is 2. The van der Waals surface area contributed by atoms with E-state index >= 15 is 0 Å². The van der Waals surface area contributed by atoms with E-state index in [1.807, 2.05) is 50.2 Å². The molecule has 1 atom stereocenters. The molecule has 236 valence electrons. The molecule has 9 nitrogen and oxygen atoms in total. The van der Waals surface area contributed by atoms with E-state index in [2.05, 4.69) is 5.32 Å². The third kappa shape index (κ3) is 8.86. The van der Waals surface area contributed by atoms with E-state index in [0.29, 0.717) is 23.8 Å². The second-order valence-electron chi connectivity index (χ2n) is 10.9. The lowest BCUT2D eigenvalue weighted by atomic mass is 10.1. The molecule has 0 unspecified atom stereocenters. The minimum Gasteiger partial charge on any atom is -0.497 e. The van der Waals surface area contributed by atoms with Crippen LogP contribution in [0.1, 0.15) is 26.3 Å². The van der Waals surface area contributed by atoms with Gasteiger partial charge in [-0.2, -0.15) is 0 Å². The van der Waals surface area contributed by atoms with Gasteiger partial charge in [0, 0.05) is 13.1 Å². The maximum atomic E-state index is 14.1. The zero-order valence-electron chi connectivity index (χ0n) is 25.9. The smallest absolute Gasteiger partial charge is 0.264 e. The molecule has 0 radical (unpaired) electrons. The van der Waals surface area contributed by atoms with E-state index in [1.165, 1.54) is 17.0 Å². The van der Waals surface area contributed by atoms with Crippen LogP contribution in [0.2, 0.25) is 0 Å². The number of ether oxygens (including phenoxy) is 2. The molecule has 0 saturated carbocycles. The molecule has 0 aromatic heterocycles. The Balaban J connectivity index is 1.69. The van der Waals surface area contributed by atoms with Crippen molar-refractivity contribution in [1.29, 1.82) is 0 Å². The Bertz CT molecular complexity index is 1660. The van der Waals surface area contributed by atoms with Gasteiger partial charge in [-0.25, -0.2) is 8.42 Å². The molecule has 2 amide bonds. The lowest BCUT2D eigenvalue weighted by molar-refractivity contribution is -0.139. The predicted octanol–water partition coefficient (Wildman–Crippen LogP) is 5.87. The van der Waals surface area contributed by atoms with Gasteiger partial charge in [0.1, 0.15) is 29.8 Å². The van der Waals surface area contributed by atoms with Gasteiger partial charge in [0.15, 0.2) is 0 Å². The summed E-state index contributed by atoms with van der Waals surface area (Å²) in [5.41, 5.74) is 0.997. The Hall–Kier alpha value is -4.83. The van der Waals surface area contributed by atoms with Crippen LogP contribution in [0.15, 0.2) is 114 Å². The standard InChI is InChI=1S/C35H39N3O6S/c1-26(2)23-36-35(40)27(3)37(24-28-12-11-15-32(22-28)43-4)34(39)25-38(45(41,42)33-16-9-6-10-17-33)29-18-20-31(21-19-29)44-30-13-7-5-8-14-30/h5-22,26-27H,23-25H2,1-4H3,(H,36,40)/t27-/m0/s1. The summed E-state index contributed by atoms with van der Waals surface area (Å²) in [5, 5.41) is 2.89. The average Bonchev–Trinajstić information content (AvgIpc) is 3.06. The van der Waals surface area contributed by atoms with Crippen LogP contribution < -0.4 is 19.1 Å². The molecule has 4 rings (SSSR count). The molecule has 0 fully saturated rings. The highest BCUT2D eigenvalue weighted by Crippen LogP contribution is 2.28. The Labute approximate surface area is 265 Å². The zero-order valence-corrected chi connectivity index (χ0v) is 26.7. The van der Waals surface area contributed by atoms with Crippen molar-refractivity contribution in [2.45, 2.75) is 38.3 Å². The summed E-state index contributed by atoms with van der Waals surface area (Å²) in [6.45, 7) is 5.56. The fraction of sp³-hybridized carbons (Fsp3) is 0.257. The number of carbonyl (C=O) groups excluding carboxylic acids is 2. The van der Waals surface area contributed by atoms with Gasteiger partial charge in [-0.3, -0.25) is 13.9 Å². The molecule has 4 aromatic carbocycles. The minimum atomic E-state index is -4.18. The summed E-state index contributed by atoms with van der Waals surface area (Å²) in [6, 6.07) is 29.9.